The lowest BCUT2D eigenvalue weighted by Crippen LogP contribution is -2.41. The number of hydrogen-bond acceptors (Lipinski definition) is 4. The molecule has 0 bridgehead atoms. The first kappa shape index (κ1) is 19.5. The number of guanidine groups is 1. The van der Waals surface area contributed by atoms with Crippen molar-refractivity contribution >= 4 is 41.7 Å². The van der Waals surface area contributed by atoms with E-state index in [0.717, 1.165) is 36.5 Å². The third-order valence-electron chi connectivity index (χ3n) is 4.32. The largest absolute Gasteiger partial charge is 0.454 e. The molecule has 0 atom stereocenters. The lowest BCUT2D eigenvalue weighted by Gasteiger charge is -2.26. The van der Waals surface area contributed by atoms with Gasteiger partial charge in [-0.2, -0.15) is 11.8 Å². The fourth-order valence-corrected chi connectivity index (χ4v) is 4.16. The zero-order chi connectivity index (χ0) is 16.1. The van der Waals surface area contributed by atoms with Crippen LogP contribution in [0.5, 0.6) is 11.5 Å². The van der Waals surface area contributed by atoms with Crippen molar-refractivity contribution < 1.29 is 9.47 Å². The van der Waals surface area contributed by atoms with E-state index < -0.39 is 0 Å². The first-order valence-corrected chi connectivity index (χ1v) is 9.30. The van der Waals surface area contributed by atoms with Gasteiger partial charge in [0.1, 0.15) is 0 Å². The summed E-state index contributed by atoms with van der Waals surface area (Å²) in [5, 5.41) is 3.52. The number of benzene rings is 1. The van der Waals surface area contributed by atoms with Crippen LogP contribution in [0.3, 0.4) is 0 Å². The van der Waals surface area contributed by atoms with Gasteiger partial charge in [-0.25, -0.2) is 0 Å². The second-order valence-corrected chi connectivity index (χ2v) is 7.25. The summed E-state index contributed by atoms with van der Waals surface area (Å²) >= 11 is 2.07. The molecule has 1 aromatic rings. The lowest BCUT2D eigenvalue weighted by molar-refractivity contribution is 0.174. The number of thioether (sulfide) groups is 1. The number of halogens is 1. The van der Waals surface area contributed by atoms with E-state index in [1.165, 1.54) is 29.9 Å². The highest BCUT2D eigenvalue weighted by Gasteiger charge is 2.17. The van der Waals surface area contributed by atoms with Gasteiger partial charge in [0.05, 0.1) is 0 Å². The molecule has 2 heterocycles. The maximum absolute atomic E-state index is 5.45. The van der Waals surface area contributed by atoms with E-state index in [4.69, 9.17) is 9.47 Å². The molecule has 0 aromatic heterocycles. The van der Waals surface area contributed by atoms with Gasteiger partial charge in [0.25, 0.3) is 0 Å². The summed E-state index contributed by atoms with van der Waals surface area (Å²) in [5.41, 5.74) is 1.19. The SMILES string of the molecule is CN=C(NCC1CCSCC1)N(C)Cc1ccc2c(c1)OCO2.I. The summed E-state index contributed by atoms with van der Waals surface area (Å²) in [4.78, 5) is 6.56. The highest BCUT2D eigenvalue weighted by Crippen LogP contribution is 2.32. The summed E-state index contributed by atoms with van der Waals surface area (Å²) in [6.07, 6.45) is 2.61. The molecule has 24 heavy (non-hydrogen) atoms. The summed E-state index contributed by atoms with van der Waals surface area (Å²) in [6, 6.07) is 6.10. The number of fused-ring (bicyclic) bond motifs is 1. The van der Waals surface area contributed by atoms with Crippen LogP contribution < -0.4 is 14.8 Å². The summed E-state index contributed by atoms with van der Waals surface area (Å²) in [7, 11) is 3.91. The molecule has 134 valence electrons. The minimum atomic E-state index is 0. The van der Waals surface area contributed by atoms with Crippen LogP contribution in [-0.4, -0.2) is 49.8 Å². The van der Waals surface area contributed by atoms with Crippen LogP contribution in [0.4, 0.5) is 0 Å². The molecule has 1 N–H and O–H groups in total. The van der Waals surface area contributed by atoms with Crippen LogP contribution in [0, 0.1) is 5.92 Å². The van der Waals surface area contributed by atoms with Gasteiger partial charge in [-0.3, -0.25) is 4.99 Å². The number of nitrogens with one attached hydrogen (secondary N) is 1. The van der Waals surface area contributed by atoms with E-state index in [0.29, 0.717) is 6.79 Å². The summed E-state index contributed by atoms with van der Waals surface area (Å²) < 4.78 is 10.8. The Labute approximate surface area is 165 Å². The average Bonchev–Trinajstić information content (AvgIpc) is 3.04. The van der Waals surface area contributed by atoms with Gasteiger partial charge in [-0.15, -0.1) is 24.0 Å². The molecule has 0 unspecified atom stereocenters. The molecular formula is C17H26IN3O2S. The van der Waals surface area contributed by atoms with Crippen LogP contribution >= 0.6 is 35.7 Å². The molecule has 0 amide bonds. The van der Waals surface area contributed by atoms with Crippen molar-refractivity contribution in [1.82, 2.24) is 10.2 Å². The second kappa shape index (κ2) is 9.60. The molecule has 2 aliphatic heterocycles. The van der Waals surface area contributed by atoms with Crippen molar-refractivity contribution in [2.24, 2.45) is 10.9 Å². The van der Waals surface area contributed by atoms with E-state index in [2.05, 4.69) is 40.1 Å². The molecule has 2 aliphatic rings. The van der Waals surface area contributed by atoms with E-state index in [9.17, 15) is 0 Å². The smallest absolute Gasteiger partial charge is 0.231 e. The number of ether oxygens (including phenoxy) is 2. The molecule has 5 nitrogen and oxygen atoms in total. The quantitative estimate of drug-likeness (QED) is 0.422. The zero-order valence-electron chi connectivity index (χ0n) is 14.3. The number of hydrogen-bond donors (Lipinski definition) is 1. The summed E-state index contributed by atoms with van der Waals surface area (Å²) in [5.74, 6) is 5.95. The van der Waals surface area contributed by atoms with Crippen LogP contribution in [-0.2, 0) is 6.54 Å². The molecule has 0 spiro atoms. The van der Waals surface area contributed by atoms with Crippen molar-refractivity contribution in [2.45, 2.75) is 19.4 Å². The fourth-order valence-electron chi connectivity index (χ4n) is 2.96. The van der Waals surface area contributed by atoms with Gasteiger partial charge >= 0.3 is 0 Å². The highest BCUT2D eigenvalue weighted by atomic mass is 127. The summed E-state index contributed by atoms with van der Waals surface area (Å²) in [6.45, 7) is 2.12. The minimum absolute atomic E-state index is 0. The predicted octanol–water partition coefficient (Wildman–Crippen LogP) is 3.18. The molecule has 0 radical (unpaired) electrons. The Balaban J connectivity index is 0.00000208. The molecular weight excluding hydrogens is 437 g/mol. The number of aliphatic imine (C=N–C) groups is 1. The van der Waals surface area contributed by atoms with Crippen LogP contribution in [0.1, 0.15) is 18.4 Å². The van der Waals surface area contributed by atoms with Gasteiger partial charge < -0.3 is 19.7 Å². The molecule has 3 rings (SSSR count). The van der Waals surface area contributed by atoms with Gasteiger partial charge in [0.2, 0.25) is 6.79 Å². The molecule has 1 fully saturated rings. The van der Waals surface area contributed by atoms with Gasteiger partial charge in [0.15, 0.2) is 17.5 Å². The molecule has 1 saturated heterocycles. The predicted molar refractivity (Wildman–Crippen MR) is 111 cm³/mol. The first-order valence-electron chi connectivity index (χ1n) is 8.14. The van der Waals surface area contributed by atoms with Gasteiger partial charge in [0, 0.05) is 27.2 Å². The van der Waals surface area contributed by atoms with Crippen molar-refractivity contribution in [2.75, 3.05) is 38.9 Å². The van der Waals surface area contributed by atoms with E-state index in [1.807, 2.05) is 19.2 Å². The van der Waals surface area contributed by atoms with E-state index in [1.54, 1.807) is 0 Å². The maximum Gasteiger partial charge on any atom is 0.231 e. The molecule has 1 aromatic carbocycles. The molecule has 0 saturated carbocycles. The monoisotopic (exact) mass is 463 g/mol. The molecule has 0 aliphatic carbocycles. The molecule has 7 heteroatoms. The Hall–Kier alpha value is -0.830. The average molecular weight is 463 g/mol. The Morgan fingerprint density at radius 2 is 2.04 bits per heavy atom. The highest BCUT2D eigenvalue weighted by molar-refractivity contribution is 14.0. The first-order chi connectivity index (χ1) is 11.3. The van der Waals surface area contributed by atoms with Gasteiger partial charge in [-0.1, -0.05) is 6.07 Å². The van der Waals surface area contributed by atoms with Crippen LogP contribution in [0.25, 0.3) is 0 Å². The Morgan fingerprint density at radius 3 is 2.79 bits per heavy atom. The normalized spacial score (nSPS) is 17.3. The Kier molecular flexibility index (Phi) is 7.80. The number of nitrogens with zero attached hydrogens (tertiary/aromatic N) is 2. The minimum Gasteiger partial charge on any atom is -0.454 e. The van der Waals surface area contributed by atoms with Crippen LogP contribution in [0.2, 0.25) is 0 Å². The Morgan fingerprint density at radius 1 is 1.29 bits per heavy atom. The second-order valence-electron chi connectivity index (χ2n) is 6.03. The van der Waals surface area contributed by atoms with Crippen molar-refractivity contribution in [3.05, 3.63) is 23.8 Å². The van der Waals surface area contributed by atoms with E-state index >= 15 is 0 Å². The zero-order valence-corrected chi connectivity index (χ0v) is 17.4. The van der Waals surface area contributed by atoms with Gasteiger partial charge in [-0.05, 0) is 48.0 Å². The number of rotatable bonds is 4. The fraction of sp³-hybridized carbons (Fsp3) is 0.588. The maximum atomic E-state index is 5.45. The van der Waals surface area contributed by atoms with Crippen LogP contribution in [0.15, 0.2) is 23.2 Å². The van der Waals surface area contributed by atoms with E-state index in [-0.39, 0.29) is 24.0 Å². The third kappa shape index (κ3) is 5.08. The standard InChI is InChI=1S/C17H25N3O2S.HI/c1-18-17(19-10-13-5-7-23-8-6-13)20(2)11-14-3-4-15-16(9-14)22-12-21-15;/h3-4,9,13H,5-8,10-12H2,1-2H3,(H,18,19);1H. The third-order valence-corrected chi connectivity index (χ3v) is 5.37. The van der Waals surface area contributed by atoms with Crippen molar-refractivity contribution in [3.63, 3.8) is 0 Å². The topological polar surface area (TPSA) is 46.1 Å². The van der Waals surface area contributed by atoms with Crippen molar-refractivity contribution in [3.8, 4) is 11.5 Å². The van der Waals surface area contributed by atoms with Crippen molar-refractivity contribution in [1.29, 1.82) is 0 Å². The lowest BCUT2D eigenvalue weighted by atomic mass is 10.0. The Bertz CT molecular complexity index is 565.